The second kappa shape index (κ2) is 6.37. The maximum atomic E-state index is 8.66. The Hall–Kier alpha value is 0.843. The Labute approximate surface area is 74.1 Å². The molecule has 8 nitrogen and oxygen atoms in total. The Bertz CT molecular complexity index is 124. The fourth-order valence-corrected chi connectivity index (χ4v) is 0. The molecular formula is H2O8P2Zn-4. The third-order valence-electron chi connectivity index (χ3n) is 0. The Morgan fingerprint density at radius 1 is 0.818 bits per heavy atom. The largest absolute Gasteiger partial charge is 0.790 e. The zero-order valence-electron chi connectivity index (χ0n) is 4.95. The van der Waals surface area contributed by atoms with Crippen LogP contribution < -0.4 is 19.6 Å². The van der Waals surface area contributed by atoms with Crippen molar-refractivity contribution >= 4 is 15.6 Å². The first-order valence-corrected chi connectivity index (χ1v) is 4.49. The van der Waals surface area contributed by atoms with Gasteiger partial charge in [-0.2, -0.15) is 0 Å². The van der Waals surface area contributed by atoms with Gasteiger partial charge >= 0.3 is 0 Å². The van der Waals surface area contributed by atoms with E-state index in [9.17, 15) is 0 Å². The van der Waals surface area contributed by atoms with Gasteiger partial charge in [0.1, 0.15) is 0 Å². The van der Waals surface area contributed by atoms with Gasteiger partial charge in [-0.25, -0.2) is 0 Å². The fourth-order valence-electron chi connectivity index (χ4n) is 0. The first kappa shape index (κ1) is 17.8. The SMILES string of the molecule is O=P([O-])([O-])O.O=P([O-])([O-])O.[Zn]. The van der Waals surface area contributed by atoms with E-state index in [1.807, 2.05) is 0 Å². The van der Waals surface area contributed by atoms with Crippen LogP contribution in [0.4, 0.5) is 0 Å². The summed E-state index contributed by atoms with van der Waals surface area (Å²) in [5.74, 6) is 0. The number of hydrogen-bond donors (Lipinski definition) is 2. The molecular weight excluding hydrogens is 255 g/mol. The molecule has 0 radical (unpaired) electrons. The van der Waals surface area contributed by atoms with Crippen molar-refractivity contribution in [1.29, 1.82) is 0 Å². The van der Waals surface area contributed by atoms with Crippen molar-refractivity contribution in [3.8, 4) is 0 Å². The van der Waals surface area contributed by atoms with E-state index in [1.165, 1.54) is 0 Å². The smallest absolute Gasteiger partial charge is 0.0557 e. The van der Waals surface area contributed by atoms with Crippen molar-refractivity contribution in [3.05, 3.63) is 0 Å². The van der Waals surface area contributed by atoms with Crippen LogP contribution in [0.15, 0.2) is 0 Å². The van der Waals surface area contributed by atoms with Gasteiger partial charge in [0, 0.05) is 19.5 Å². The number of phosphoric acid groups is 2. The van der Waals surface area contributed by atoms with Crippen LogP contribution in [-0.2, 0) is 28.6 Å². The van der Waals surface area contributed by atoms with E-state index in [0.717, 1.165) is 0 Å². The Kier molecular flexibility index (Phi) is 10.3. The van der Waals surface area contributed by atoms with Crippen LogP contribution in [0.3, 0.4) is 0 Å². The number of hydrogen-bond acceptors (Lipinski definition) is 6. The predicted octanol–water partition coefficient (Wildman–Crippen LogP) is -4.39. The van der Waals surface area contributed by atoms with E-state index in [4.69, 9.17) is 38.5 Å². The van der Waals surface area contributed by atoms with Crippen molar-refractivity contribution in [1.82, 2.24) is 0 Å². The Morgan fingerprint density at radius 3 is 0.818 bits per heavy atom. The molecule has 0 aliphatic rings. The molecule has 0 unspecified atom stereocenters. The van der Waals surface area contributed by atoms with E-state index in [2.05, 4.69) is 0 Å². The van der Waals surface area contributed by atoms with Gasteiger partial charge in [-0.15, -0.1) is 0 Å². The van der Waals surface area contributed by atoms with Crippen molar-refractivity contribution in [2.45, 2.75) is 0 Å². The van der Waals surface area contributed by atoms with E-state index in [-0.39, 0.29) is 19.5 Å². The monoisotopic (exact) mass is 256 g/mol. The van der Waals surface area contributed by atoms with Gasteiger partial charge in [-0.05, 0) is 0 Å². The zero-order valence-corrected chi connectivity index (χ0v) is 9.70. The normalized spacial score (nSPS) is 10.7. The van der Waals surface area contributed by atoms with Gasteiger partial charge in [0.2, 0.25) is 0 Å². The molecule has 0 spiro atoms. The fraction of sp³-hybridized carbons (Fsp3) is 0. The molecule has 0 aliphatic heterocycles. The van der Waals surface area contributed by atoms with E-state index < -0.39 is 15.6 Å². The molecule has 0 heterocycles. The molecule has 0 rings (SSSR count). The maximum absolute atomic E-state index is 8.66. The van der Waals surface area contributed by atoms with E-state index in [0.29, 0.717) is 0 Å². The van der Waals surface area contributed by atoms with Crippen molar-refractivity contribution in [2.24, 2.45) is 0 Å². The van der Waals surface area contributed by atoms with E-state index >= 15 is 0 Å². The summed E-state index contributed by atoms with van der Waals surface area (Å²) >= 11 is 0. The van der Waals surface area contributed by atoms with Gasteiger partial charge in [0.25, 0.3) is 0 Å². The Morgan fingerprint density at radius 2 is 0.818 bits per heavy atom. The average Bonchev–Trinajstić information content (AvgIpc) is 1.12. The van der Waals surface area contributed by atoms with Crippen molar-refractivity contribution in [2.75, 3.05) is 0 Å². The molecule has 0 bridgehead atoms. The molecule has 11 heteroatoms. The predicted molar refractivity (Wildman–Crippen MR) is 19.7 cm³/mol. The van der Waals surface area contributed by atoms with Gasteiger partial charge in [0.15, 0.2) is 0 Å². The van der Waals surface area contributed by atoms with Crippen molar-refractivity contribution < 1.29 is 58.0 Å². The summed E-state index contributed by atoms with van der Waals surface area (Å²) in [5.41, 5.74) is 0. The van der Waals surface area contributed by atoms with Crippen LogP contribution in [0.5, 0.6) is 0 Å². The molecule has 0 fully saturated rings. The molecule has 11 heavy (non-hydrogen) atoms. The van der Waals surface area contributed by atoms with Crippen LogP contribution >= 0.6 is 15.6 Å². The van der Waals surface area contributed by atoms with Gasteiger partial charge < -0.3 is 38.5 Å². The topological polar surface area (TPSA) is 167 Å². The second-order valence-electron chi connectivity index (χ2n) is 0.937. The third-order valence-corrected chi connectivity index (χ3v) is 0. The molecule has 0 aliphatic carbocycles. The minimum absolute atomic E-state index is 0. The summed E-state index contributed by atoms with van der Waals surface area (Å²) in [4.78, 5) is 48.6. The summed E-state index contributed by atoms with van der Waals surface area (Å²) in [7, 11) is -10.3. The number of rotatable bonds is 0. The summed E-state index contributed by atoms with van der Waals surface area (Å²) < 4.78 is 17.3. The third kappa shape index (κ3) is 1190. The van der Waals surface area contributed by atoms with Gasteiger partial charge in [-0.1, -0.05) is 0 Å². The first-order valence-electron chi connectivity index (χ1n) is 1.50. The summed E-state index contributed by atoms with van der Waals surface area (Å²) in [6, 6.07) is 0. The zero-order chi connectivity index (χ0) is 9.00. The molecule has 0 atom stereocenters. The standard InChI is InChI=1S/2H3O4P.Zn/c2*1-5(2,3)4;/h2*(H3,1,2,3,4);/p-4. The molecule has 2 N–H and O–H groups in total. The summed E-state index contributed by atoms with van der Waals surface area (Å²) in [6.07, 6.45) is 0. The van der Waals surface area contributed by atoms with Gasteiger partial charge in [0.05, 0.1) is 15.6 Å². The first-order chi connectivity index (χ1) is 4.00. The van der Waals surface area contributed by atoms with Crippen LogP contribution in [0, 0.1) is 0 Å². The van der Waals surface area contributed by atoms with Crippen LogP contribution in [-0.4, -0.2) is 9.79 Å². The van der Waals surface area contributed by atoms with Crippen molar-refractivity contribution in [3.63, 3.8) is 0 Å². The average molecular weight is 257 g/mol. The van der Waals surface area contributed by atoms with Crippen LogP contribution in [0.25, 0.3) is 0 Å². The minimum Gasteiger partial charge on any atom is -0.790 e. The molecule has 0 saturated carbocycles. The molecule has 66 valence electrons. The summed E-state index contributed by atoms with van der Waals surface area (Å²) in [5, 5.41) is 0. The second-order valence-corrected chi connectivity index (χ2v) is 2.81. The molecule has 0 saturated heterocycles. The van der Waals surface area contributed by atoms with Gasteiger partial charge in [-0.3, -0.25) is 0 Å². The Balaban J connectivity index is -0.000000107. The molecule has 0 aromatic heterocycles. The van der Waals surface area contributed by atoms with E-state index in [1.54, 1.807) is 0 Å². The molecule has 0 amide bonds. The minimum atomic E-state index is -5.14. The van der Waals surface area contributed by atoms with Crippen LogP contribution in [0.1, 0.15) is 0 Å². The summed E-state index contributed by atoms with van der Waals surface area (Å²) in [6.45, 7) is 0. The van der Waals surface area contributed by atoms with Crippen LogP contribution in [0.2, 0.25) is 0 Å². The quantitative estimate of drug-likeness (QED) is 0.324. The molecule has 0 aromatic carbocycles. The maximum Gasteiger partial charge on any atom is 0.0557 e. The molecule has 0 aromatic rings.